The summed E-state index contributed by atoms with van der Waals surface area (Å²) in [6, 6.07) is 20.1. The van der Waals surface area contributed by atoms with Crippen molar-refractivity contribution >= 4 is 22.6 Å². The van der Waals surface area contributed by atoms with Crippen molar-refractivity contribution < 1.29 is 4.74 Å². The SMILES string of the molecule is C#Cc1nc2cc(-c3ccc(OC)c(Cl)c3)c(-c3ccccc3)cc2[nH]1. The third kappa shape index (κ3) is 2.81. The minimum absolute atomic E-state index is 0.518. The third-order valence-electron chi connectivity index (χ3n) is 4.31. The van der Waals surface area contributed by atoms with Crippen molar-refractivity contribution in [3.63, 3.8) is 0 Å². The maximum Gasteiger partial charge on any atom is 0.183 e. The zero-order valence-corrected chi connectivity index (χ0v) is 14.8. The smallest absolute Gasteiger partial charge is 0.183 e. The minimum Gasteiger partial charge on any atom is -0.495 e. The first-order valence-electron chi connectivity index (χ1n) is 8.09. The van der Waals surface area contributed by atoms with Gasteiger partial charge < -0.3 is 9.72 Å². The van der Waals surface area contributed by atoms with Gasteiger partial charge in [-0.2, -0.15) is 0 Å². The lowest BCUT2D eigenvalue weighted by atomic mass is 9.94. The first kappa shape index (κ1) is 16.3. The van der Waals surface area contributed by atoms with E-state index >= 15 is 0 Å². The van der Waals surface area contributed by atoms with Gasteiger partial charge in [0.05, 0.1) is 23.2 Å². The molecule has 0 radical (unpaired) electrons. The van der Waals surface area contributed by atoms with Crippen molar-refractivity contribution in [1.82, 2.24) is 9.97 Å². The topological polar surface area (TPSA) is 37.9 Å². The zero-order chi connectivity index (χ0) is 18.1. The molecule has 4 rings (SSSR count). The largest absolute Gasteiger partial charge is 0.495 e. The van der Waals surface area contributed by atoms with Crippen molar-refractivity contribution in [2.75, 3.05) is 7.11 Å². The number of hydrogen-bond acceptors (Lipinski definition) is 2. The van der Waals surface area contributed by atoms with Crippen molar-refractivity contribution in [3.05, 3.63) is 71.5 Å². The Labute approximate surface area is 156 Å². The maximum atomic E-state index is 6.35. The van der Waals surface area contributed by atoms with Crippen molar-refractivity contribution in [3.8, 4) is 40.3 Å². The van der Waals surface area contributed by atoms with Gasteiger partial charge >= 0.3 is 0 Å². The third-order valence-corrected chi connectivity index (χ3v) is 4.60. The highest BCUT2D eigenvalue weighted by Crippen LogP contribution is 2.37. The number of aromatic amines is 1. The molecule has 3 aromatic carbocycles. The molecule has 0 unspecified atom stereocenters. The van der Waals surface area contributed by atoms with Crippen LogP contribution in [0.3, 0.4) is 0 Å². The second kappa shape index (κ2) is 6.59. The maximum absolute atomic E-state index is 6.35. The van der Waals surface area contributed by atoms with Crippen LogP contribution in [0.5, 0.6) is 5.75 Å². The second-order valence-corrected chi connectivity index (χ2v) is 6.27. The number of terminal acetylenes is 1. The molecule has 0 saturated heterocycles. The Kier molecular flexibility index (Phi) is 4.12. The first-order chi connectivity index (χ1) is 12.7. The van der Waals surface area contributed by atoms with Crippen LogP contribution < -0.4 is 4.74 Å². The molecule has 0 amide bonds. The summed E-state index contributed by atoms with van der Waals surface area (Å²) in [5, 5.41) is 0.565. The quantitative estimate of drug-likeness (QED) is 0.488. The molecule has 4 heteroatoms. The van der Waals surface area contributed by atoms with Crippen LogP contribution in [-0.2, 0) is 0 Å². The van der Waals surface area contributed by atoms with Gasteiger partial charge in [0.15, 0.2) is 5.82 Å². The van der Waals surface area contributed by atoms with Crippen LogP contribution in [0.1, 0.15) is 5.82 Å². The number of methoxy groups -OCH3 is 1. The summed E-state index contributed by atoms with van der Waals surface area (Å²) in [4.78, 5) is 7.63. The average Bonchev–Trinajstić information content (AvgIpc) is 3.10. The number of ether oxygens (including phenoxy) is 1. The van der Waals surface area contributed by atoms with Gasteiger partial charge in [-0.3, -0.25) is 0 Å². The molecule has 0 fully saturated rings. The zero-order valence-electron chi connectivity index (χ0n) is 14.1. The lowest BCUT2D eigenvalue weighted by molar-refractivity contribution is 0.415. The number of aromatic nitrogens is 2. The molecule has 26 heavy (non-hydrogen) atoms. The molecule has 0 atom stereocenters. The average molecular weight is 359 g/mol. The van der Waals surface area contributed by atoms with Crippen molar-refractivity contribution in [1.29, 1.82) is 0 Å². The van der Waals surface area contributed by atoms with Gasteiger partial charge in [0.25, 0.3) is 0 Å². The fraction of sp³-hybridized carbons (Fsp3) is 0.0455. The molecule has 0 saturated carbocycles. The van der Waals surface area contributed by atoms with Crippen LogP contribution in [0.15, 0.2) is 60.7 Å². The number of rotatable bonds is 3. The van der Waals surface area contributed by atoms with E-state index < -0.39 is 0 Å². The molecule has 1 aromatic heterocycles. The molecule has 0 spiro atoms. The van der Waals surface area contributed by atoms with Crippen LogP contribution in [-0.4, -0.2) is 17.1 Å². The van der Waals surface area contributed by atoms with Gasteiger partial charge in [0.2, 0.25) is 0 Å². The minimum atomic E-state index is 0.518. The van der Waals surface area contributed by atoms with E-state index in [-0.39, 0.29) is 0 Å². The summed E-state index contributed by atoms with van der Waals surface area (Å²) >= 11 is 6.35. The number of benzene rings is 3. The van der Waals surface area contributed by atoms with Gasteiger partial charge in [0.1, 0.15) is 5.75 Å². The normalized spacial score (nSPS) is 10.7. The molecule has 0 bridgehead atoms. The van der Waals surface area contributed by atoms with Crippen LogP contribution in [0.4, 0.5) is 0 Å². The molecule has 126 valence electrons. The molecule has 4 aromatic rings. The van der Waals surface area contributed by atoms with E-state index in [2.05, 4.69) is 34.1 Å². The second-order valence-electron chi connectivity index (χ2n) is 5.86. The number of hydrogen-bond donors (Lipinski definition) is 1. The molecule has 0 aliphatic rings. The Balaban J connectivity index is 1.99. The van der Waals surface area contributed by atoms with E-state index in [1.807, 2.05) is 42.5 Å². The monoisotopic (exact) mass is 358 g/mol. The van der Waals surface area contributed by atoms with E-state index in [0.717, 1.165) is 33.3 Å². The standard InChI is InChI=1S/C22H15ClN2O/c1-3-22-24-19-12-16(14-7-5-4-6-8-14)17(13-20(19)25-22)15-9-10-21(26-2)18(23)11-15/h1,4-13H,2H3,(H,24,25). The summed E-state index contributed by atoms with van der Waals surface area (Å²) in [5.74, 6) is 3.72. The Bertz CT molecular complexity index is 1140. The number of imidazole rings is 1. The number of nitrogens with zero attached hydrogens (tertiary/aromatic N) is 1. The summed E-state index contributed by atoms with van der Waals surface area (Å²) < 4.78 is 5.27. The Morgan fingerprint density at radius 3 is 2.46 bits per heavy atom. The van der Waals surface area contributed by atoms with E-state index in [4.69, 9.17) is 22.8 Å². The summed E-state index contributed by atoms with van der Waals surface area (Å²) in [5.41, 5.74) is 5.92. The number of fused-ring (bicyclic) bond motifs is 1. The van der Waals surface area contributed by atoms with Gasteiger partial charge in [-0.25, -0.2) is 4.98 Å². The Morgan fingerprint density at radius 2 is 1.77 bits per heavy atom. The molecule has 3 nitrogen and oxygen atoms in total. The summed E-state index contributed by atoms with van der Waals surface area (Å²) in [7, 11) is 1.60. The van der Waals surface area contributed by atoms with Gasteiger partial charge in [0, 0.05) is 0 Å². The van der Waals surface area contributed by atoms with Crippen molar-refractivity contribution in [2.24, 2.45) is 0 Å². The number of H-pyrrole nitrogens is 1. The van der Waals surface area contributed by atoms with E-state index in [1.165, 1.54) is 0 Å². The highest BCUT2D eigenvalue weighted by Gasteiger charge is 2.13. The van der Waals surface area contributed by atoms with Crippen LogP contribution in [0.2, 0.25) is 5.02 Å². The molecule has 1 heterocycles. The number of nitrogens with one attached hydrogen (secondary N) is 1. The highest BCUT2D eigenvalue weighted by atomic mass is 35.5. The predicted octanol–water partition coefficient (Wildman–Crippen LogP) is 5.54. The fourth-order valence-corrected chi connectivity index (χ4v) is 3.31. The molecule has 0 aliphatic heterocycles. The molecular weight excluding hydrogens is 344 g/mol. The summed E-state index contributed by atoms with van der Waals surface area (Å²) in [6.07, 6.45) is 5.49. The van der Waals surface area contributed by atoms with Gasteiger partial charge in [-0.15, -0.1) is 6.42 Å². The molecule has 1 N–H and O–H groups in total. The van der Waals surface area contributed by atoms with Crippen LogP contribution >= 0.6 is 11.6 Å². The van der Waals surface area contributed by atoms with E-state index in [1.54, 1.807) is 7.11 Å². The summed E-state index contributed by atoms with van der Waals surface area (Å²) in [6.45, 7) is 0. The van der Waals surface area contributed by atoms with Crippen molar-refractivity contribution in [2.45, 2.75) is 0 Å². The lowest BCUT2D eigenvalue weighted by Gasteiger charge is -2.12. The molecular formula is C22H15ClN2O. The first-order valence-corrected chi connectivity index (χ1v) is 8.47. The van der Waals surface area contributed by atoms with E-state index in [9.17, 15) is 0 Å². The van der Waals surface area contributed by atoms with Crippen LogP contribution in [0.25, 0.3) is 33.3 Å². The number of halogens is 1. The highest BCUT2D eigenvalue weighted by molar-refractivity contribution is 6.32. The Hall–Kier alpha value is -3.22. The van der Waals surface area contributed by atoms with Crippen LogP contribution in [0, 0.1) is 12.3 Å². The van der Waals surface area contributed by atoms with Gasteiger partial charge in [-0.05, 0) is 52.4 Å². The van der Waals surface area contributed by atoms with E-state index in [0.29, 0.717) is 16.6 Å². The Morgan fingerprint density at radius 1 is 1.00 bits per heavy atom. The fourth-order valence-electron chi connectivity index (χ4n) is 3.05. The predicted molar refractivity (Wildman–Crippen MR) is 106 cm³/mol. The lowest BCUT2D eigenvalue weighted by Crippen LogP contribution is -1.89. The molecule has 0 aliphatic carbocycles. The van der Waals surface area contributed by atoms with Gasteiger partial charge in [-0.1, -0.05) is 48.0 Å².